The first-order valence-corrected chi connectivity index (χ1v) is 15.3. The van der Waals surface area contributed by atoms with E-state index in [2.05, 4.69) is 82.8 Å². The van der Waals surface area contributed by atoms with Gasteiger partial charge in [0.15, 0.2) is 0 Å². The fourth-order valence-electron chi connectivity index (χ4n) is 4.52. The van der Waals surface area contributed by atoms with E-state index in [9.17, 15) is 5.26 Å². The van der Waals surface area contributed by atoms with Crippen LogP contribution in [0.5, 0.6) is 0 Å². The Balaban J connectivity index is 1.51. The summed E-state index contributed by atoms with van der Waals surface area (Å²) in [7, 11) is -1.12. The molecule has 0 aliphatic carbocycles. The van der Waals surface area contributed by atoms with Gasteiger partial charge in [0.1, 0.15) is 12.4 Å². The molecule has 1 saturated heterocycles. The van der Waals surface area contributed by atoms with Crippen molar-refractivity contribution in [2.24, 2.45) is 0 Å². The van der Waals surface area contributed by atoms with Gasteiger partial charge in [-0.05, 0) is 42.1 Å². The molecule has 0 radical (unpaired) electrons. The van der Waals surface area contributed by atoms with Gasteiger partial charge in [0.05, 0.1) is 11.5 Å². The molecule has 168 valence electrons. The van der Waals surface area contributed by atoms with E-state index >= 15 is 0 Å². The van der Waals surface area contributed by atoms with Gasteiger partial charge in [-0.2, -0.15) is 5.26 Å². The molecule has 0 bridgehead atoms. The first-order chi connectivity index (χ1) is 15.4. The number of hydrogen-bond acceptors (Lipinski definition) is 4. The average Bonchev–Trinajstić information content (AvgIpc) is 3.17. The summed E-state index contributed by atoms with van der Waals surface area (Å²) < 4.78 is 8.11. The largest absolute Gasteiger partial charge is 0.361 e. The van der Waals surface area contributed by atoms with Gasteiger partial charge in [0, 0.05) is 52.1 Å². The summed E-state index contributed by atoms with van der Waals surface area (Å²) in [6, 6.07) is 18.5. The molecular weight excluding hydrogens is 412 g/mol. The molecule has 1 aliphatic heterocycles. The SMILES string of the molecule is C[Si](C)(C)CCOCn1cc(C2(C#N)CCN(Cc3ccccc3)CC2)c2cccnc21. The maximum absolute atomic E-state index is 10.3. The van der Waals surface area contributed by atoms with Gasteiger partial charge < -0.3 is 9.30 Å². The van der Waals surface area contributed by atoms with Gasteiger partial charge in [0.2, 0.25) is 0 Å². The number of likely N-dealkylation sites (tertiary alicyclic amines) is 1. The Bertz CT molecular complexity index is 1070. The molecular formula is C26H34N4OSi. The molecule has 0 N–H and O–H groups in total. The van der Waals surface area contributed by atoms with Gasteiger partial charge in [-0.1, -0.05) is 50.0 Å². The normalized spacial score (nSPS) is 16.8. The topological polar surface area (TPSA) is 54.1 Å². The number of piperidine rings is 1. The van der Waals surface area contributed by atoms with Crippen molar-refractivity contribution in [3.63, 3.8) is 0 Å². The average molecular weight is 447 g/mol. The van der Waals surface area contributed by atoms with Crippen molar-refractivity contribution in [3.8, 4) is 6.07 Å². The van der Waals surface area contributed by atoms with Gasteiger partial charge in [0.25, 0.3) is 0 Å². The van der Waals surface area contributed by atoms with E-state index in [-0.39, 0.29) is 0 Å². The molecule has 32 heavy (non-hydrogen) atoms. The molecule has 0 saturated carbocycles. The maximum Gasteiger partial charge on any atom is 0.142 e. The standard InChI is InChI=1S/C26H34N4OSi/c1-32(2,3)17-16-31-21-30-19-24(23-10-7-13-28-25(23)30)26(20-27)11-14-29(15-12-26)18-22-8-5-4-6-9-22/h4-10,13,19H,11-12,14-18,21H2,1-3H3. The summed E-state index contributed by atoms with van der Waals surface area (Å²) in [5.41, 5.74) is 2.87. The molecule has 4 rings (SSSR count). The number of nitrogens with zero attached hydrogens (tertiary/aromatic N) is 4. The minimum atomic E-state index is -1.12. The molecule has 0 amide bonds. The molecule has 0 spiro atoms. The second-order valence-corrected chi connectivity index (χ2v) is 15.8. The molecule has 6 heteroatoms. The van der Waals surface area contributed by atoms with E-state index in [1.54, 1.807) is 0 Å². The molecule has 0 unspecified atom stereocenters. The lowest BCUT2D eigenvalue weighted by Crippen LogP contribution is -2.41. The minimum Gasteiger partial charge on any atom is -0.361 e. The van der Waals surface area contributed by atoms with Crippen molar-refractivity contribution in [3.05, 3.63) is 66.0 Å². The van der Waals surface area contributed by atoms with Crippen LogP contribution >= 0.6 is 0 Å². The van der Waals surface area contributed by atoms with Gasteiger partial charge in [-0.25, -0.2) is 4.98 Å². The number of aromatic nitrogens is 2. The number of benzene rings is 1. The molecule has 2 aromatic heterocycles. The van der Waals surface area contributed by atoms with Crippen molar-refractivity contribution in [2.75, 3.05) is 19.7 Å². The monoisotopic (exact) mass is 446 g/mol. The maximum atomic E-state index is 10.3. The Morgan fingerprint density at radius 1 is 1.09 bits per heavy atom. The predicted octanol–water partition coefficient (Wildman–Crippen LogP) is 5.41. The van der Waals surface area contributed by atoms with Gasteiger partial charge in [-0.15, -0.1) is 0 Å². The fourth-order valence-corrected chi connectivity index (χ4v) is 5.28. The zero-order valence-corrected chi connectivity index (χ0v) is 20.6. The Hall–Kier alpha value is -2.46. The molecule has 1 aromatic carbocycles. The fraction of sp³-hybridized carbons (Fsp3) is 0.462. The second-order valence-electron chi connectivity index (χ2n) is 10.2. The van der Waals surface area contributed by atoms with Crippen LogP contribution in [0.4, 0.5) is 0 Å². The number of fused-ring (bicyclic) bond motifs is 1. The summed E-state index contributed by atoms with van der Waals surface area (Å²) in [5, 5.41) is 11.4. The molecule has 0 atom stereocenters. The quantitative estimate of drug-likeness (QED) is 0.343. The van der Waals surface area contributed by atoms with Crippen molar-refractivity contribution >= 4 is 19.1 Å². The van der Waals surface area contributed by atoms with Crippen LogP contribution in [-0.4, -0.2) is 42.2 Å². The van der Waals surface area contributed by atoms with E-state index in [4.69, 9.17) is 4.74 Å². The summed E-state index contributed by atoms with van der Waals surface area (Å²) >= 11 is 0. The molecule has 3 aromatic rings. The Kier molecular flexibility index (Phi) is 6.80. The van der Waals surface area contributed by atoms with E-state index in [1.165, 1.54) is 5.56 Å². The van der Waals surface area contributed by atoms with Crippen LogP contribution in [0.3, 0.4) is 0 Å². The highest BCUT2D eigenvalue weighted by atomic mass is 28.3. The zero-order valence-electron chi connectivity index (χ0n) is 19.6. The van der Waals surface area contributed by atoms with E-state index in [0.717, 1.165) is 61.7 Å². The molecule has 1 aliphatic rings. The summed E-state index contributed by atoms with van der Waals surface area (Å²) in [6.45, 7) is 11.1. The Morgan fingerprint density at radius 3 is 2.53 bits per heavy atom. The van der Waals surface area contributed by atoms with Crippen molar-refractivity contribution in [2.45, 2.75) is 57.2 Å². The second kappa shape index (κ2) is 9.58. The van der Waals surface area contributed by atoms with Crippen LogP contribution in [0.1, 0.15) is 24.0 Å². The predicted molar refractivity (Wildman–Crippen MR) is 132 cm³/mol. The van der Waals surface area contributed by atoms with Crippen LogP contribution in [-0.2, 0) is 23.4 Å². The third-order valence-electron chi connectivity index (χ3n) is 6.55. The van der Waals surface area contributed by atoms with Crippen LogP contribution in [0, 0.1) is 11.3 Å². The number of hydrogen-bond donors (Lipinski definition) is 0. The first-order valence-electron chi connectivity index (χ1n) is 11.6. The number of pyridine rings is 1. The van der Waals surface area contributed by atoms with Crippen molar-refractivity contribution in [1.82, 2.24) is 14.5 Å². The zero-order chi connectivity index (χ0) is 22.6. The van der Waals surface area contributed by atoms with Gasteiger partial charge in [-0.3, -0.25) is 4.90 Å². The summed E-state index contributed by atoms with van der Waals surface area (Å²) in [5.74, 6) is 0. The minimum absolute atomic E-state index is 0.474. The lowest BCUT2D eigenvalue weighted by Gasteiger charge is -2.37. The Labute approximate surface area is 192 Å². The number of nitriles is 1. The van der Waals surface area contributed by atoms with Crippen molar-refractivity contribution in [1.29, 1.82) is 5.26 Å². The van der Waals surface area contributed by atoms with Crippen LogP contribution in [0.15, 0.2) is 54.9 Å². The number of ether oxygens (including phenoxy) is 1. The highest BCUT2D eigenvalue weighted by Gasteiger charge is 2.39. The Morgan fingerprint density at radius 2 is 1.84 bits per heavy atom. The van der Waals surface area contributed by atoms with E-state index < -0.39 is 13.5 Å². The number of rotatable bonds is 8. The van der Waals surface area contributed by atoms with Gasteiger partial charge >= 0.3 is 0 Å². The smallest absolute Gasteiger partial charge is 0.142 e. The van der Waals surface area contributed by atoms with E-state index in [1.807, 2.05) is 12.3 Å². The molecule has 5 nitrogen and oxygen atoms in total. The van der Waals surface area contributed by atoms with Crippen molar-refractivity contribution < 1.29 is 4.74 Å². The first kappa shape index (κ1) is 22.7. The summed E-state index contributed by atoms with van der Waals surface area (Å²) in [6.07, 6.45) is 5.62. The lowest BCUT2D eigenvalue weighted by atomic mass is 9.74. The third kappa shape index (κ3) is 5.12. The molecule has 1 fully saturated rings. The highest BCUT2D eigenvalue weighted by Crippen LogP contribution is 2.39. The van der Waals surface area contributed by atoms with Crippen LogP contribution in [0.25, 0.3) is 11.0 Å². The van der Waals surface area contributed by atoms with E-state index in [0.29, 0.717) is 6.73 Å². The van der Waals surface area contributed by atoms with Crippen LogP contribution in [0.2, 0.25) is 25.7 Å². The summed E-state index contributed by atoms with van der Waals surface area (Å²) in [4.78, 5) is 7.09. The molecule has 3 heterocycles. The highest BCUT2D eigenvalue weighted by molar-refractivity contribution is 6.76. The van der Waals surface area contributed by atoms with Crippen LogP contribution < -0.4 is 0 Å². The lowest BCUT2D eigenvalue weighted by molar-refractivity contribution is 0.0896. The third-order valence-corrected chi connectivity index (χ3v) is 8.25.